The van der Waals surface area contributed by atoms with Crippen LogP contribution in [0.2, 0.25) is 5.02 Å². The highest BCUT2D eigenvalue weighted by atomic mass is 35.5. The summed E-state index contributed by atoms with van der Waals surface area (Å²) in [6.45, 7) is -0.352. The van der Waals surface area contributed by atoms with Gasteiger partial charge >= 0.3 is 0 Å². The SMILES string of the molecule is CN(CC(=O)Nc1ccc(F)c(F)c1F)C(=O)CSCc1cccc(Cl)c1. The maximum atomic E-state index is 13.6. The van der Waals surface area contributed by atoms with Crippen LogP contribution in [0.3, 0.4) is 0 Å². The largest absolute Gasteiger partial charge is 0.336 e. The van der Waals surface area contributed by atoms with Gasteiger partial charge in [-0.25, -0.2) is 13.2 Å². The molecule has 1 N–H and O–H groups in total. The van der Waals surface area contributed by atoms with Gasteiger partial charge in [0.25, 0.3) is 0 Å². The fourth-order valence-electron chi connectivity index (χ4n) is 2.11. The first kappa shape index (κ1) is 21.1. The third-order valence-electron chi connectivity index (χ3n) is 3.50. The maximum absolute atomic E-state index is 13.6. The minimum absolute atomic E-state index is 0.135. The van der Waals surface area contributed by atoms with Crippen molar-refractivity contribution >= 4 is 40.9 Å². The van der Waals surface area contributed by atoms with Crippen LogP contribution in [0, 0.1) is 17.5 Å². The summed E-state index contributed by atoms with van der Waals surface area (Å²) < 4.78 is 39.6. The van der Waals surface area contributed by atoms with Crippen LogP contribution in [-0.4, -0.2) is 36.1 Å². The molecule has 0 aliphatic rings. The first-order valence-electron chi connectivity index (χ1n) is 7.77. The number of rotatable bonds is 7. The number of nitrogens with one attached hydrogen (secondary N) is 1. The van der Waals surface area contributed by atoms with Crippen molar-refractivity contribution in [3.8, 4) is 0 Å². The highest BCUT2D eigenvalue weighted by Crippen LogP contribution is 2.20. The Bertz CT molecular complexity index is 851. The Balaban J connectivity index is 1.81. The molecule has 2 aromatic rings. The third-order valence-corrected chi connectivity index (χ3v) is 4.72. The van der Waals surface area contributed by atoms with E-state index in [0.29, 0.717) is 16.8 Å². The van der Waals surface area contributed by atoms with Crippen LogP contribution in [0.1, 0.15) is 5.56 Å². The van der Waals surface area contributed by atoms with E-state index in [1.54, 1.807) is 12.1 Å². The molecule has 0 radical (unpaired) electrons. The van der Waals surface area contributed by atoms with E-state index in [1.807, 2.05) is 12.1 Å². The molecule has 2 rings (SSSR count). The number of anilines is 1. The highest BCUT2D eigenvalue weighted by molar-refractivity contribution is 7.99. The zero-order valence-corrected chi connectivity index (χ0v) is 15.8. The summed E-state index contributed by atoms with van der Waals surface area (Å²) in [5, 5.41) is 2.73. The molecule has 0 heterocycles. The van der Waals surface area contributed by atoms with Gasteiger partial charge in [0.05, 0.1) is 18.0 Å². The zero-order valence-electron chi connectivity index (χ0n) is 14.3. The second kappa shape index (κ2) is 9.66. The van der Waals surface area contributed by atoms with Crippen LogP contribution in [0.4, 0.5) is 18.9 Å². The van der Waals surface area contributed by atoms with Gasteiger partial charge in [0.15, 0.2) is 17.5 Å². The molecule has 0 fully saturated rings. The van der Waals surface area contributed by atoms with Crippen molar-refractivity contribution in [3.05, 3.63) is 64.4 Å². The molecule has 0 saturated heterocycles. The number of hydrogen-bond acceptors (Lipinski definition) is 3. The van der Waals surface area contributed by atoms with Crippen molar-refractivity contribution in [2.45, 2.75) is 5.75 Å². The number of likely N-dealkylation sites (N-methyl/N-ethyl adjacent to an activating group) is 1. The van der Waals surface area contributed by atoms with Gasteiger partial charge in [-0.3, -0.25) is 9.59 Å². The van der Waals surface area contributed by atoms with Crippen LogP contribution in [0.15, 0.2) is 36.4 Å². The summed E-state index contributed by atoms with van der Waals surface area (Å²) in [5.41, 5.74) is 0.476. The Labute approximate surface area is 163 Å². The lowest BCUT2D eigenvalue weighted by molar-refractivity contribution is -0.131. The lowest BCUT2D eigenvalue weighted by Gasteiger charge is -2.17. The average Bonchev–Trinajstić information content (AvgIpc) is 2.62. The first-order valence-corrected chi connectivity index (χ1v) is 9.30. The Morgan fingerprint density at radius 2 is 1.89 bits per heavy atom. The topological polar surface area (TPSA) is 49.4 Å². The molecular weight excluding hydrogens is 401 g/mol. The van der Waals surface area contributed by atoms with Crippen LogP contribution in [0.5, 0.6) is 0 Å². The van der Waals surface area contributed by atoms with E-state index in [2.05, 4.69) is 5.32 Å². The number of amides is 2. The third kappa shape index (κ3) is 6.18. The molecule has 27 heavy (non-hydrogen) atoms. The monoisotopic (exact) mass is 416 g/mol. The minimum Gasteiger partial charge on any atom is -0.336 e. The number of thioether (sulfide) groups is 1. The van der Waals surface area contributed by atoms with E-state index >= 15 is 0 Å². The second-order valence-corrected chi connectivity index (χ2v) is 7.07. The van der Waals surface area contributed by atoms with Crippen molar-refractivity contribution in [1.82, 2.24) is 4.90 Å². The molecular formula is C18H16ClF3N2O2S. The van der Waals surface area contributed by atoms with Gasteiger partial charge in [0, 0.05) is 17.8 Å². The Morgan fingerprint density at radius 1 is 1.15 bits per heavy atom. The van der Waals surface area contributed by atoms with E-state index in [9.17, 15) is 22.8 Å². The molecule has 0 aliphatic carbocycles. The number of halogens is 4. The molecule has 0 aliphatic heterocycles. The molecule has 0 unspecified atom stereocenters. The number of carbonyl (C=O) groups excluding carboxylic acids is 2. The quantitative estimate of drug-likeness (QED) is 0.692. The fourth-order valence-corrected chi connectivity index (χ4v) is 3.23. The summed E-state index contributed by atoms with van der Waals surface area (Å²) in [6, 6.07) is 8.87. The normalized spacial score (nSPS) is 10.6. The van der Waals surface area contributed by atoms with Gasteiger partial charge < -0.3 is 10.2 Å². The summed E-state index contributed by atoms with van der Waals surface area (Å²) in [4.78, 5) is 25.1. The molecule has 4 nitrogen and oxygen atoms in total. The van der Waals surface area contributed by atoms with Crippen molar-refractivity contribution in [1.29, 1.82) is 0 Å². The molecule has 0 atom stereocenters. The Kier molecular flexibility index (Phi) is 7.55. The van der Waals surface area contributed by atoms with Gasteiger partial charge in [-0.05, 0) is 29.8 Å². The van der Waals surface area contributed by atoms with E-state index in [1.165, 1.54) is 18.8 Å². The number of hydrogen-bond donors (Lipinski definition) is 1. The van der Waals surface area contributed by atoms with Crippen molar-refractivity contribution in [3.63, 3.8) is 0 Å². The predicted octanol–water partition coefficient (Wildman–Crippen LogP) is 4.09. The number of carbonyl (C=O) groups is 2. The zero-order chi connectivity index (χ0) is 20.0. The Morgan fingerprint density at radius 3 is 2.59 bits per heavy atom. The molecule has 0 saturated carbocycles. The maximum Gasteiger partial charge on any atom is 0.244 e. The average molecular weight is 417 g/mol. The molecule has 2 amide bonds. The Hall–Kier alpha value is -2.19. The molecule has 9 heteroatoms. The smallest absolute Gasteiger partial charge is 0.244 e. The van der Waals surface area contributed by atoms with Crippen LogP contribution < -0.4 is 5.32 Å². The van der Waals surface area contributed by atoms with Crippen LogP contribution in [-0.2, 0) is 15.3 Å². The molecule has 144 valence electrons. The molecule has 0 aromatic heterocycles. The van der Waals surface area contributed by atoms with Gasteiger partial charge in [-0.1, -0.05) is 23.7 Å². The summed E-state index contributed by atoms with van der Waals surface area (Å²) in [5.74, 6) is -4.83. The lowest BCUT2D eigenvalue weighted by atomic mass is 10.2. The van der Waals surface area contributed by atoms with E-state index < -0.39 is 29.0 Å². The van der Waals surface area contributed by atoms with Gasteiger partial charge in [-0.15, -0.1) is 11.8 Å². The number of nitrogens with zero attached hydrogens (tertiary/aromatic N) is 1. The van der Waals surface area contributed by atoms with Crippen molar-refractivity contribution < 1.29 is 22.8 Å². The molecule has 0 bridgehead atoms. The molecule has 2 aromatic carbocycles. The van der Waals surface area contributed by atoms with Crippen molar-refractivity contribution in [2.75, 3.05) is 24.7 Å². The number of benzene rings is 2. The van der Waals surface area contributed by atoms with E-state index in [-0.39, 0.29) is 18.2 Å². The first-order chi connectivity index (χ1) is 12.8. The fraction of sp³-hybridized carbons (Fsp3) is 0.222. The standard InChI is InChI=1S/C18H16ClF3N2O2S/c1-24(16(26)10-27-9-11-3-2-4-12(19)7-11)8-15(25)23-14-6-5-13(20)17(21)18(14)22/h2-7H,8-10H2,1H3,(H,23,25). The van der Waals surface area contributed by atoms with E-state index in [0.717, 1.165) is 16.5 Å². The second-order valence-electron chi connectivity index (χ2n) is 5.64. The van der Waals surface area contributed by atoms with Crippen LogP contribution in [0.25, 0.3) is 0 Å². The van der Waals surface area contributed by atoms with Crippen LogP contribution >= 0.6 is 23.4 Å². The van der Waals surface area contributed by atoms with E-state index in [4.69, 9.17) is 11.6 Å². The van der Waals surface area contributed by atoms with Gasteiger partial charge in [-0.2, -0.15) is 0 Å². The summed E-state index contributed by atoms with van der Waals surface area (Å²) in [6.07, 6.45) is 0. The van der Waals surface area contributed by atoms with Gasteiger partial charge in [0.1, 0.15) is 0 Å². The summed E-state index contributed by atoms with van der Waals surface area (Å²) >= 11 is 7.25. The molecule has 0 spiro atoms. The predicted molar refractivity (Wildman–Crippen MR) is 100 cm³/mol. The summed E-state index contributed by atoms with van der Waals surface area (Å²) in [7, 11) is 1.42. The van der Waals surface area contributed by atoms with Gasteiger partial charge in [0.2, 0.25) is 11.8 Å². The highest BCUT2D eigenvalue weighted by Gasteiger charge is 2.17. The lowest BCUT2D eigenvalue weighted by Crippen LogP contribution is -2.36. The minimum atomic E-state index is -1.67. The van der Waals surface area contributed by atoms with Crippen molar-refractivity contribution in [2.24, 2.45) is 0 Å².